The van der Waals surface area contributed by atoms with E-state index in [4.69, 9.17) is 4.98 Å². The summed E-state index contributed by atoms with van der Waals surface area (Å²) >= 11 is 0. The van der Waals surface area contributed by atoms with E-state index in [2.05, 4.69) is 41.3 Å². The smallest absolute Gasteiger partial charge is 0.364 e. The summed E-state index contributed by atoms with van der Waals surface area (Å²) in [6, 6.07) is 8.38. The van der Waals surface area contributed by atoms with E-state index in [9.17, 15) is 4.39 Å². The third-order valence-corrected chi connectivity index (χ3v) is 4.26. The van der Waals surface area contributed by atoms with Crippen molar-refractivity contribution in [2.75, 3.05) is 17.3 Å². The van der Waals surface area contributed by atoms with Gasteiger partial charge in [0, 0.05) is 13.6 Å². The number of aromatic amines is 1. The zero-order valence-electron chi connectivity index (χ0n) is 17.2. The van der Waals surface area contributed by atoms with Crippen LogP contribution in [0.1, 0.15) is 36.2 Å². The molecule has 0 saturated carbocycles. The summed E-state index contributed by atoms with van der Waals surface area (Å²) in [6.07, 6.45) is 6.52. The molecule has 0 radical (unpaired) electrons. The van der Waals surface area contributed by atoms with Crippen molar-refractivity contribution in [1.82, 2.24) is 20.2 Å². The monoisotopic (exact) mass is 630 g/mol. The molecule has 0 unspecified atom stereocenters. The van der Waals surface area contributed by atoms with Gasteiger partial charge in [-0.1, -0.05) is 25.1 Å². The molecule has 2 N–H and O–H groups in total. The second-order valence-electron chi connectivity index (χ2n) is 6.79. The minimum atomic E-state index is -0.257. The average molecular weight is 631 g/mol. The number of allylic oxidation sites excluding steroid dienone is 1. The molecule has 1 aromatic carbocycles. The SMILES string of the molecule is [CH2-]C([CH2-])c1cc(Nc2cnc(/C=C/CC)c(N(C)Cc3cccc(F)c3)n2)n[nH]1.[U+2]. The van der Waals surface area contributed by atoms with Gasteiger partial charge in [0.05, 0.1) is 6.20 Å². The molecule has 0 saturated heterocycles. The molecule has 0 aliphatic carbocycles. The summed E-state index contributed by atoms with van der Waals surface area (Å²) in [6.45, 7) is 10.3. The number of rotatable bonds is 8. The molecule has 0 amide bonds. The molecule has 0 aliphatic heterocycles. The molecule has 2 heterocycles. The second kappa shape index (κ2) is 11.3. The number of benzene rings is 1. The van der Waals surface area contributed by atoms with Crippen molar-refractivity contribution in [3.05, 3.63) is 79.2 Å². The van der Waals surface area contributed by atoms with E-state index < -0.39 is 0 Å². The molecule has 8 heteroatoms. The van der Waals surface area contributed by atoms with Gasteiger partial charge in [-0.2, -0.15) is 5.10 Å². The van der Waals surface area contributed by atoms with Crippen LogP contribution in [0.25, 0.3) is 6.08 Å². The molecule has 3 aromatic rings. The Morgan fingerprint density at radius 1 is 1.27 bits per heavy atom. The topological polar surface area (TPSA) is 69.7 Å². The van der Waals surface area contributed by atoms with E-state index in [1.54, 1.807) is 12.3 Å². The number of halogens is 1. The molecule has 30 heavy (non-hydrogen) atoms. The summed E-state index contributed by atoms with van der Waals surface area (Å²) < 4.78 is 13.5. The summed E-state index contributed by atoms with van der Waals surface area (Å²) in [5.41, 5.74) is 2.42. The first kappa shape index (κ1) is 24.1. The number of aromatic nitrogens is 4. The fourth-order valence-electron chi connectivity index (χ4n) is 2.80. The van der Waals surface area contributed by atoms with E-state index in [-0.39, 0.29) is 42.8 Å². The van der Waals surface area contributed by atoms with Gasteiger partial charge in [-0.25, -0.2) is 14.4 Å². The first-order valence-electron chi connectivity index (χ1n) is 9.44. The van der Waals surface area contributed by atoms with E-state index in [1.165, 1.54) is 12.1 Å². The molecule has 3 rings (SSSR count). The van der Waals surface area contributed by atoms with Crippen molar-refractivity contribution in [2.45, 2.75) is 25.8 Å². The first-order chi connectivity index (χ1) is 14.0. The molecule has 0 fully saturated rings. The summed E-state index contributed by atoms with van der Waals surface area (Å²) in [5, 5.41) is 10.2. The van der Waals surface area contributed by atoms with Gasteiger partial charge in [-0.05, 0) is 42.0 Å². The van der Waals surface area contributed by atoms with Crippen molar-refractivity contribution >= 4 is 23.5 Å². The molecular weight excluding hydrogens is 605 g/mol. The van der Waals surface area contributed by atoms with Gasteiger partial charge in [-0.3, -0.25) is 11.0 Å². The third kappa shape index (κ3) is 6.41. The largest absolute Gasteiger partial charge is 2.00 e. The van der Waals surface area contributed by atoms with Gasteiger partial charge in [0.25, 0.3) is 0 Å². The van der Waals surface area contributed by atoms with Crippen molar-refractivity contribution in [1.29, 1.82) is 0 Å². The number of hydrogen-bond donors (Lipinski definition) is 2. The zero-order valence-corrected chi connectivity index (χ0v) is 21.4. The summed E-state index contributed by atoms with van der Waals surface area (Å²) in [4.78, 5) is 11.2. The Morgan fingerprint density at radius 2 is 2.07 bits per heavy atom. The fraction of sp³-hybridized carbons (Fsp3) is 0.227. The van der Waals surface area contributed by atoms with Gasteiger partial charge < -0.3 is 24.1 Å². The minimum absolute atomic E-state index is 0. The number of anilines is 3. The summed E-state index contributed by atoms with van der Waals surface area (Å²) in [7, 11) is 1.91. The van der Waals surface area contributed by atoms with E-state index in [1.807, 2.05) is 36.2 Å². The van der Waals surface area contributed by atoms with Crippen LogP contribution in [0.5, 0.6) is 0 Å². The Hall–Kier alpha value is -2.17. The quantitative estimate of drug-likeness (QED) is 0.347. The number of hydrogen-bond acceptors (Lipinski definition) is 5. The van der Waals surface area contributed by atoms with Crippen LogP contribution in [0.3, 0.4) is 0 Å². The normalized spacial score (nSPS) is 11.0. The minimum Gasteiger partial charge on any atom is -0.364 e. The van der Waals surface area contributed by atoms with Crippen molar-refractivity contribution in [3.63, 3.8) is 0 Å². The van der Waals surface area contributed by atoms with Gasteiger partial charge in [0.2, 0.25) is 0 Å². The molecule has 2 aromatic heterocycles. The molecule has 6 nitrogen and oxygen atoms in total. The second-order valence-corrected chi connectivity index (χ2v) is 6.79. The number of nitrogens with one attached hydrogen (secondary N) is 2. The standard InChI is InChI=1S/C22H25FN6.U/c1-5-6-10-18-22(29(4)14-16-8-7-9-17(23)11-16)26-21(13-24-18)25-20-12-19(15(2)3)27-28-20;/h6-13,15H,2-3,5,14H2,1,4H3,(H2,25,26,27,28);/q-2;+2/b10-6+;. The predicted octanol–water partition coefficient (Wildman–Crippen LogP) is 4.89. The average Bonchev–Trinajstić information content (AvgIpc) is 3.16. The maximum absolute atomic E-state index is 13.5. The molecule has 154 valence electrons. The van der Waals surface area contributed by atoms with E-state index >= 15 is 0 Å². The van der Waals surface area contributed by atoms with Crippen LogP contribution in [0.4, 0.5) is 21.8 Å². The summed E-state index contributed by atoms with van der Waals surface area (Å²) in [5.74, 6) is 1.46. The van der Waals surface area contributed by atoms with Crippen LogP contribution in [0, 0.1) is 50.8 Å². The number of H-pyrrole nitrogens is 1. The van der Waals surface area contributed by atoms with Gasteiger partial charge >= 0.3 is 31.1 Å². The van der Waals surface area contributed by atoms with Crippen molar-refractivity contribution in [3.8, 4) is 0 Å². The van der Waals surface area contributed by atoms with Crippen LogP contribution < -0.4 is 10.2 Å². The Kier molecular flexibility index (Phi) is 9.07. The molecule has 0 bridgehead atoms. The van der Waals surface area contributed by atoms with Gasteiger partial charge in [-0.15, -0.1) is 0 Å². The van der Waals surface area contributed by atoms with E-state index in [0.29, 0.717) is 24.0 Å². The fourth-order valence-corrected chi connectivity index (χ4v) is 2.80. The van der Waals surface area contributed by atoms with Crippen LogP contribution >= 0.6 is 0 Å². The maximum Gasteiger partial charge on any atom is 2.00 e. The first-order valence-corrected chi connectivity index (χ1v) is 9.44. The van der Waals surface area contributed by atoms with Crippen LogP contribution in [0.2, 0.25) is 0 Å². The molecule has 0 atom stereocenters. The maximum atomic E-state index is 13.5. The Labute approximate surface area is 200 Å². The molecule has 0 spiro atoms. The Bertz CT molecular complexity index is 985. The van der Waals surface area contributed by atoms with Gasteiger partial charge in [0.1, 0.15) is 11.5 Å². The Morgan fingerprint density at radius 3 is 2.73 bits per heavy atom. The van der Waals surface area contributed by atoms with Crippen molar-refractivity contribution in [2.24, 2.45) is 0 Å². The Balaban J connectivity index is 0.00000320. The van der Waals surface area contributed by atoms with Crippen molar-refractivity contribution < 1.29 is 35.5 Å². The number of nitrogens with zero attached hydrogens (tertiary/aromatic N) is 4. The van der Waals surface area contributed by atoms with Crippen LogP contribution in [0.15, 0.2) is 42.6 Å². The van der Waals surface area contributed by atoms with E-state index in [0.717, 1.165) is 23.4 Å². The molecule has 0 aliphatic rings. The predicted molar refractivity (Wildman–Crippen MR) is 115 cm³/mol. The van der Waals surface area contributed by atoms with Crippen LogP contribution in [-0.2, 0) is 6.54 Å². The van der Waals surface area contributed by atoms with Crippen LogP contribution in [-0.4, -0.2) is 27.2 Å². The third-order valence-electron chi connectivity index (χ3n) is 4.26. The molecular formula is C22H25FN6U. The van der Waals surface area contributed by atoms with Gasteiger partial charge in [0.15, 0.2) is 17.5 Å². The zero-order chi connectivity index (χ0) is 20.8.